The molecule has 1 fully saturated rings. The number of para-hydroxylation sites is 1. The molecule has 2 N–H and O–H groups in total. The van der Waals surface area contributed by atoms with Gasteiger partial charge in [0.1, 0.15) is 0 Å². The molecule has 0 saturated carbocycles. The largest absolute Gasteiger partial charge is 0.349 e. The fourth-order valence-corrected chi connectivity index (χ4v) is 3.92. The van der Waals surface area contributed by atoms with Crippen molar-refractivity contribution in [3.63, 3.8) is 0 Å². The number of amides is 3. The summed E-state index contributed by atoms with van der Waals surface area (Å²) in [6.07, 6.45) is 0.161. The van der Waals surface area contributed by atoms with Crippen LogP contribution in [0.15, 0.2) is 48.5 Å². The lowest BCUT2D eigenvalue weighted by Gasteiger charge is -2.35. The Morgan fingerprint density at radius 1 is 0.969 bits per heavy atom. The Hall–Kier alpha value is -2.61. The van der Waals surface area contributed by atoms with E-state index in [0.717, 1.165) is 5.56 Å². The zero-order chi connectivity index (χ0) is 23.1. The Morgan fingerprint density at radius 2 is 1.62 bits per heavy atom. The topological polar surface area (TPSA) is 81.8 Å². The van der Waals surface area contributed by atoms with Gasteiger partial charge in [-0.2, -0.15) is 0 Å². The molecule has 170 valence electrons. The van der Waals surface area contributed by atoms with Gasteiger partial charge in [-0.05, 0) is 29.8 Å². The quantitative estimate of drug-likeness (QED) is 0.641. The lowest BCUT2D eigenvalue weighted by Crippen LogP contribution is -2.51. The molecule has 2 aromatic rings. The summed E-state index contributed by atoms with van der Waals surface area (Å²) in [6.45, 7) is 3.88. The number of benzene rings is 2. The number of carbonyl (C=O) groups is 3. The molecule has 32 heavy (non-hydrogen) atoms. The van der Waals surface area contributed by atoms with E-state index >= 15 is 0 Å². The van der Waals surface area contributed by atoms with Crippen molar-refractivity contribution in [3.8, 4) is 0 Å². The third-order valence-electron chi connectivity index (χ3n) is 5.27. The number of carbonyl (C=O) groups excluding carboxylic acids is 3. The maximum Gasteiger partial charge on any atom is 0.238 e. The van der Waals surface area contributed by atoms with E-state index in [-0.39, 0.29) is 30.7 Å². The maximum absolute atomic E-state index is 12.9. The minimum Gasteiger partial charge on any atom is -0.349 e. The molecule has 3 rings (SSSR count). The molecule has 0 unspecified atom stereocenters. The van der Waals surface area contributed by atoms with Crippen LogP contribution in [-0.4, -0.2) is 60.2 Å². The average Bonchev–Trinajstić information content (AvgIpc) is 2.75. The molecule has 1 aliphatic rings. The van der Waals surface area contributed by atoms with Crippen LogP contribution in [0.3, 0.4) is 0 Å². The SMILES string of the molecule is CC(=O)N[C@H](CC(=O)N1CCN(CC(=O)Nc2ccccc2Cl)CC1)c1ccc(Cl)cc1. The average molecular weight is 477 g/mol. The van der Waals surface area contributed by atoms with Gasteiger partial charge in [-0.15, -0.1) is 0 Å². The van der Waals surface area contributed by atoms with Gasteiger partial charge >= 0.3 is 0 Å². The van der Waals surface area contributed by atoms with Crippen LogP contribution in [0.4, 0.5) is 5.69 Å². The van der Waals surface area contributed by atoms with Gasteiger partial charge in [0.25, 0.3) is 0 Å². The molecule has 0 aromatic heterocycles. The second-order valence-corrected chi connectivity index (χ2v) is 8.54. The summed E-state index contributed by atoms with van der Waals surface area (Å²) >= 11 is 12.0. The summed E-state index contributed by atoms with van der Waals surface area (Å²) in [5.41, 5.74) is 1.41. The van der Waals surface area contributed by atoms with E-state index in [4.69, 9.17) is 23.2 Å². The molecule has 3 amide bonds. The van der Waals surface area contributed by atoms with Crippen molar-refractivity contribution in [2.45, 2.75) is 19.4 Å². The van der Waals surface area contributed by atoms with Crippen molar-refractivity contribution < 1.29 is 14.4 Å². The van der Waals surface area contributed by atoms with Gasteiger partial charge in [0.15, 0.2) is 0 Å². The molecule has 1 saturated heterocycles. The van der Waals surface area contributed by atoms with Crippen LogP contribution in [0.5, 0.6) is 0 Å². The van der Waals surface area contributed by atoms with Gasteiger partial charge < -0.3 is 15.5 Å². The van der Waals surface area contributed by atoms with Crippen LogP contribution in [0.1, 0.15) is 24.9 Å². The Morgan fingerprint density at radius 3 is 2.25 bits per heavy atom. The molecule has 1 aliphatic heterocycles. The van der Waals surface area contributed by atoms with Crippen molar-refractivity contribution in [2.24, 2.45) is 0 Å². The Kier molecular flexibility index (Phi) is 8.50. The fourth-order valence-electron chi connectivity index (χ4n) is 3.61. The molecule has 0 spiro atoms. The van der Waals surface area contributed by atoms with Crippen LogP contribution in [0.2, 0.25) is 10.0 Å². The lowest BCUT2D eigenvalue weighted by atomic mass is 10.0. The van der Waals surface area contributed by atoms with Crippen LogP contribution in [0.25, 0.3) is 0 Å². The summed E-state index contributed by atoms with van der Waals surface area (Å²) in [4.78, 5) is 40.6. The van der Waals surface area contributed by atoms with Crippen LogP contribution < -0.4 is 10.6 Å². The number of hydrogen-bond donors (Lipinski definition) is 2. The van der Waals surface area contributed by atoms with Gasteiger partial charge in [-0.25, -0.2) is 0 Å². The summed E-state index contributed by atoms with van der Waals surface area (Å²) in [5.74, 6) is -0.391. The van der Waals surface area contributed by atoms with Crippen molar-refractivity contribution in [2.75, 3.05) is 38.0 Å². The van der Waals surface area contributed by atoms with E-state index in [2.05, 4.69) is 10.6 Å². The minimum atomic E-state index is -0.420. The Balaban J connectivity index is 1.50. The minimum absolute atomic E-state index is 0.0427. The number of nitrogens with one attached hydrogen (secondary N) is 2. The van der Waals surface area contributed by atoms with Crippen molar-refractivity contribution in [1.82, 2.24) is 15.1 Å². The van der Waals surface area contributed by atoms with E-state index in [1.807, 2.05) is 23.1 Å². The Bertz CT molecular complexity index is 960. The molecular weight excluding hydrogens is 451 g/mol. The van der Waals surface area contributed by atoms with E-state index in [1.54, 1.807) is 35.2 Å². The molecule has 7 nitrogen and oxygen atoms in total. The van der Waals surface area contributed by atoms with Gasteiger partial charge in [0.05, 0.1) is 29.7 Å². The third kappa shape index (κ3) is 6.95. The van der Waals surface area contributed by atoms with Crippen molar-refractivity contribution >= 4 is 46.6 Å². The smallest absolute Gasteiger partial charge is 0.238 e. The zero-order valence-electron chi connectivity index (χ0n) is 17.8. The first kappa shape index (κ1) is 24.0. The van der Waals surface area contributed by atoms with Crippen molar-refractivity contribution in [1.29, 1.82) is 0 Å². The predicted octanol–water partition coefficient (Wildman–Crippen LogP) is 3.34. The first-order chi connectivity index (χ1) is 15.3. The molecule has 0 radical (unpaired) electrons. The first-order valence-electron chi connectivity index (χ1n) is 10.4. The summed E-state index contributed by atoms with van der Waals surface area (Å²) in [7, 11) is 0. The number of rotatable bonds is 7. The van der Waals surface area contributed by atoms with Gasteiger partial charge in [-0.1, -0.05) is 47.5 Å². The second-order valence-electron chi connectivity index (χ2n) is 7.69. The second kappa shape index (κ2) is 11.3. The van der Waals surface area contributed by atoms with E-state index in [1.165, 1.54) is 6.92 Å². The number of hydrogen-bond acceptors (Lipinski definition) is 4. The molecule has 0 aliphatic carbocycles. The summed E-state index contributed by atoms with van der Waals surface area (Å²) < 4.78 is 0. The summed E-state index contributed by atoms with van der Waals surface area (Å²) in [5, 5.41) is 6.74. The third-order valence-corrected chi connectivity index (χ3v) is 5.85. The molecule has 2 aromatic carbocycles. The van der Waals surface area contributed by atoms with Crippen molar-refractivity contribution in [3.05, 3.63) is 64.1 Å². The van der Waals surface area contributed by atoms with E-state index in [9.17, 15) is 14.4 Å². The highest BCUT2D eigenvalue weighted by Crippen LogP contribution is 2.22. The van der Waals surface area contributed by atoms with Crippen LogP contribution >= 0.6 is 23.2 Å². The number of halogens is 2. The van der Waals surface area contributed by atoms with Gasteiger partial charge in [0, 0.05) is 38.1 Å². The molecule has 1 atom stereocenters. The molecule has 0 bridgehead atoms. The zero-order valence-corrected chi connectivity index (χ0v) is 19.3. The highest BCUT2D eigenvalue weighted by atomic mass is 35.5. The van der Waals surface area contributed by atoms with Gasteiger partial charge in [-0.3, -0.25) is 19.3 Å². The van der Waals surface area contributed by atoms with Crippen LogP contribution in [0, 0.1) is 0 Å². The fraction of sp³-hybridized carbons (Fsp3) is 0.348. The summed E-state index contributed by atoms with van der Waals surface area (Å²) in [6, 6.07) is 13.8. The first-order valence-corrected chi connectivity index (χ1v) is 11.1. The van der Waals surface area contributed by atoms with Crippen LogP contribution in [-0.2, 0) is 14.4 Å². The highest BCUT2D eigenvalue weighted by molar-refractivity contribution is 6.33. The molecular formula is C23H26Cl2N4O3. The number of piperazine rings is 1. The Labute approximate surface area is 197 Å². The van der Waals surface area contributed by atoms with E-state index in [0.29, 0.717) is 41.9 Å². The van der Waals surface area contributed by atoms with Gasteiger partial charge in [0.2, 0.25) is 17.7 Å². The number of anilines is 1. The standard InChI is InChI=1S/C23H26Cl2N4O3/c1-16(30)26-21(17-6-8-18(24)9-7-17)14-23(32)29-12-10-28(11-13-29)15-22(31)27-20-5-3-2-4-19(20)25/h2-9,21H,10-15H2,1H3,(H,26,30)(H,27,31)/t21-/m1/s1. The molecule has 1 heterocycles. The van der Waals surface area contributed by atoms with E-state index < -0.39 is 6.04 Å². The molecule has 9 heteroatoms. The predicted molar refractivity (Wildman–Crippen MR) is 126 cm³/mol. The highest BCUT2D eigenvalue weighted by Gasteiger charge is 2.25. The monoisotopic (exact) mass is 476 g/mol. The maximum atomic E-state index is 12.9. The number of nitrogens with zero attached hydrogens (tertiary/aromatic N) is 2. The normalized spacial score (nSPS) is 15.2. The lowest BCUT2D eigenvalue weighted by molar-refractivity contribution is -0.133.